The molecule has 0 N–H and O–H groups in total. The molecular weight excluding hydrogens is 515 g/mol. The minimum atomic E-state index is -1.25. The molecule has 1 heterocycles. The average Bonchev–Trinajstić information content (AvgIpc) is 2.83. The van der Waals surface area contributed by atoms with Crippen molar-refractivity contribution in [1.29, 1.82) is 0 Å². The van der Waals surface area contributed by atoms with Crippen molar-refractivity contribution >= 4 is 11.9 Å². The fraction of sp³-hybridized carbons (Fsp3) is 0.758. The van der Waals surface area contributed by atoms with Gasteiger partial charge in [0.1, 0.15) is 17.1 Å². The number of carbonyl (C=O) groups is 2. The van der Waals surface area contributed by atoms with Crippen LogP contribution in [0.25, 0.3) is 0 Å². The van der Waals surface area contributed by atoms with Gasteiger partial charge in [-0.15, -0.1) is 0 Å². The second kappa shape index (κ2) is 17.5. The van der Waals surface area contributed by atoms with Gasteiger partial charge in [0.15, 0.2) is 0 Å². The summed E-state index contributed by atoms with van der Waals surface area (Å²) in [6.07, 6.45) is 12.8. The van der Waals surface area contributed by atoms with Crippen molar-refractivity contribution in [3.63, 3.8) is 0 Å². The first-order valence-corrected chi connectivity index (χ1v) is 15.0. The van der Waals surface area contributed by atoms with Gasteiger partial charge in [-0.05, 0) is 94.2 Å². The Morgan fingerprint density at radius 1 is 0.872 bits per heavy atom. The minimum absolute atomic E-state index is 0. The first kappa shape index (κ1) is 36.6. The van der Waals surface area contributed by atoms with E-state index in [9.17, 15) is 14.7 Å². The van der Waals surface area contributed by atoms with Gasteiger partial charge in [0, 0.05) is 11.5 Å². The SMILES string of the molecule is Cc1c(C)c2c(c(C)c1OC(=O)CCC(=O)[O-])CCC(C)(CCCC(C)CCCC(C)CCCC(C)C)O2.[K+]. The van der Waals surface area contributed by atoms with E-state index >= 15 is 0 Å². The molecule has 2 rings (SSSR count). The van der Waals surface area contributed by atoms with Gasteiger partial charge in [-0.25, -0.2) is 0 Å². The summed E-state index contributed by atoms with van der Waals surface area (Å²) in [6, 6.07) is 0. The third kappa shape index (κ3) is 12.2. The molecule has 0 aromatic heterocycles. The number of hydrogen-bond acceptors (Lipinski definition) is 5. The molecule has 0 amide bonds. The summed E-state index contributed by atoms with van der Waals surface area (Å²) in [4.78, 5) is 22.9. The summed E-state index contributed by atoms with van der Waals surface area (Å²) >= 11 is 0. The Labute approximate surface area is 281 Å². The first-order valence-electron chi connectivity index (χ1n) is 15.0. The van der Waals surface area contributed by atoms with E-state index in [4.69, 9.17) is 9.47 Å². The Bertz CT molecular complexity index is 941. The molecule has 5 nitrogen and oxygen atoms in total. The summed E-state index contributed by atoms with van der Waals surface area (Å²) < 4.78 is 12.3. The Balaban J connectivity index is 0.00000760. The van der Waals surface area contributed by atoms with Gasteiger partial charge >= 0.3 is 57.4 Å². The van der Waals surface area contributed by atoms with E-state index in [1.54, 1.807) is 0 Å². The predicted octanol–water partition coefficient (Wildman–Crippen LogP) is 4.57. The Hall–Kier alpha value is -0.404. The topological polar surface area (TPSA) is 75.7 Å². The molecule has 3 atom stereocenters. The maximum absolute atomic E-state index is 12.2. The van der Waals surface area contributed by atoms with Gasteiger partial charge in [-0.2, -0.15) is 0 Å². The van der Waals surface area contributed by atoms with Crippen LogP contribution < -0.4 is 66.0 Å². The van der Waals surface area contributed by atoms with Crippen LogP contribution in [0.1, 0.15) is 134 Å². The summed E-state index contributed by atoms with van der Waals surface area (Å²) in [5.41, 5.74) is 3.70. The Kier molecular flexibility index (Phi) is 16.5. The molecule has 3 unspecified atom stereocenters. The summed E-state index contributed by atoms with van der Waals surface area (Å²) in [5.74, 6) is 2.09. The van der Waals surface area contributed by atoms with Crippen LogP contribution in [0.2, 0.25) is 0 Å². The van der Waals surface area contributed by atoms with Crippen LogP contribution in [-0.2, 0) is 16.0 Å². The van der Waals surface area contributed by atoms with Crippen LogP contribution in [0, 0.1) is 38.5 Å². The largest absolute Gasteiger partial charge is 1.00 e. The zero-order valence-corrected chi connectivity index (χ0v) is 29.6. The van der Waals surface area contributed by atoms with E-state index in [-0.39, 0.29) is 69.8 Å². The second-order valence-electron chi connectivity index (χ2n) is 12.8. The fourth-order valence-corrected chi connectivity index (χ4v) is 5.78. The summed E-state index contributed by atoms with van der Waals surface area (Å²) in [5, 5.41) is 10.7. The molecule has 0 spiro atoms. The molecular formula is C33H53KO5. The molecule has 6 heteroatoms. The zero-order valence-electron chi connectivity index (χ0n) is 26.5. The van der Waals surface area contributed by atoms with Crippen LogP contribution in [0.5, 0.6) is 11.5 Å². The predicted molar refractivity (Wildman–Crippen MR) is 153 cm³/mol. The quantitative estimate of drug-likeness (QED) is 0.166. The number of carboxylic acids is 1. The normalized spacial score (nSPS) is 18.1. The summed E-state index contributed by atoms with van der Waals surface area (Å²) in [6.45, 7) is 17.6. The van der Waals surface area contributed by atoms with E-state index in [1.807, 2.05) is 20.8 Å². The molecule has 1 aromatic rings. The van der Waals surface area contributed by atoms with Gasteiger partial charge in [-0.1, -0.05) is 72.6 Å². The van der Waals surface area contributed by atoms with E-state index in [0.29, 0.717) is 5.75 Å². The molecule has 0 fully saturated rings. The van der Waals surface area contributed by atoms with Crippen LogP contribution in [-0.4, -0.2) is 17.5 Å². The van der Waals surface area contributed by atoms with Crippen LogP contribution >= 0.6 is 0 Å². The summed E-state index contributed by atoms with van der Waals surface area (Å²) in [7, 11) is 0. The third-order valence-corrected chi connectivity index (χ3v) is 8.59. The minimum Gasteiger partial charge on any atom is -0.550 e. The number of carbonyl (C=O) groups excluding carboxylic acids is 2. The van der Waals surface area contributed by atoms with Crippen molar-refractivity contribution in [2.45, 2.75) is 144 Å². The number of ether oxygens (including phenoxy) is 2. The van der Waals surface area contributed by atoms with Crippen molar-refractivity contribution in [2.75, 3.05) is 0 Å². The van der Waals surface area contributed by atoms with Crippen molar-refractivity contribution in [3.05, 3.63) is 22.3 Å². The average molecular weight is 569 g/mol. The number of esters is 1. The zero-order chi connectivity index (χ0) is 28.5. The Morgan fingerprint density at radius 3 is 2.00 bits per heavy atom. The maximum atomic E-state index is 12.2. The smallest absolute Gasteiger partial charge is 0.550 e. The molecule has 0 radical (unpaired) electrons. The number of fused-ring (bicyclic) bond motifs is 1. The van der Waals surface area contributed by atoms with Gasteiger partial charge in [0.25, 0.3) is 0 Å². The first-order chi connectivity index (χ1) is 17.8. The fourth-order valence-electron chi connectivity index (χ4n) is 5.78. The van der Waals surface area contributed by atoms with Crippen molar-refractivity contribution < 1.29 is 75.6 Å². The van der Waals surface area contributed by atoms with E-state index in [0.717, 1.165) is 65.0 Å². The monoisotopic (exact) mass is 568 g/mol. The van der Waals surface area contributed by atoms with E-state index < -0.39 is 11.9 Å². The third-order valence-electron chi connectivity index (χ3n) is 8.59. The van der Waals surface area contributed by atoms with Gasteiger partial charge in [0.2, 0.25) is 0 Å². The van der Waals surface area contributed by atoms with Crippen LogP contribution in [0.15, 0.2) is 0 Å². The van der Waals surface area contributed by atoms with E-state index in [2.05, 4.69) is 34.6 Å². The molecule has 1 aromatic carbocycles. The number of benzene rings is 1. The molecule has 0 saturated carbocycles. The molecule has 216 valence electrons. The molecule has 1 aliphatic heterocycles. The van der Waals surface area contributed by atoms with Gasteiger partial charge in [0.05, 0.1) is 6.42 Å². The molecule has 1 aliphatic rings. The number of aliphatic carboxylic acids is 1. The molecule has 39 heavy (non-hydrogen) atoms. The molecule has 0 bridgehead atoms. The standard InChI is InChI=1S/C33H54O5.K/c1-22(2)12-9-13-23(3)14-10-15-24(4)16-11-20-33(8)21-19-28-27(7)31(25(5)26(6)32(28)38-33)37-30(36)18-17-29(34)35;/h22-24H,9-21H2,1-8H3,(H,34,35);/q;+1/p-1. The van der Waals surface area contributed by atoms with E-state index in [1.165, 1.54) is 51.4 Å². The number of rotatable bonds is 16. The molecule has 0 aliphatic carbocycles. The van der Waals surface area contributed by atoms with Crippen LogP contribution in [0.4, 0.5) is 0 Å². The second-order valence-corrected chi connectivity index (χ2v) is 12.8. The van der Waals surface area contributed by atoms with Crippen molar-refractivity contribution in [2.24, 2.45) is 17.8 Å². The van der Waals surface area contributed by atoms with Gasteiger partial charge < -0.3 is 19.4 Å². The van der Waals surface area contributed by atoms with Crippen LogP contribution in [0.3, 0.4) is 0 Å². The maximum Gasteiger partial charge on any atom is 1.00 e. The van der Waals surface area contributed by atoms with Crippen molar-refractivity contribution in [1.82, 2.24) is 0 Å². The number of carboxylic acid groups (broad SMARTS) is 1. The molecule has 0 saturated heterocycles. The Morgan fingerprint density at radius 2 is 1.44 bits per heavy atom. The van der Waals surface area contributed by atoms with Crippen molar-refractivity contribution in [3.8, 4) is 11.5 Å². The van der Waals surface area contributed by atoms with Gasteiger partial charge in [-0.3, -0.25) is 4.79 Å². The number of hydrogen-bond donors (Lipinski definition) is 0.